The van der Waals surface area contributed by atoms with E-state index in [1.165, 1.54) is 0 Å². The lowest BCUT2D eigenvalue weighted by molar-refractivity contribution is -0.138. The van der Waals surface area contributed by atoms with Crippen LogP contribution in [0.4, 0.5) is 0 Å². The molecule has 0 spiro atoms. The highest BCUT2D eigenvalue weighted by Crippen LogP contribution is 2.39. The van der Waals surface area contributed by atoms with Gasteiger partial charge in [0.25, 0.3) is 0 Å². The maximum atomic E-state index is 10.9. The molecule has 2 aliphatic rings. The van der Waals surface area contributed by atoms with Crippen molar-refractivity contribution in [1.29, 1.82) is 0 Å². The first kappa shape index (κ1) is 6.04. The van der Waals surface area contributed by atoms with Crippen LogP contribution in [0.1, 0.15) is 0 Å². The van der Waals surface area contributed by atoms with E-state index in [4.69, 9.17) is 0 Å². The number of amides is 1. The summed E-state index contributed by atoms with van der Waals surface area (Å²) in [5.74, 6) is 1.38. The van der Waals surface area contributed by atoms with E-state index < -0.39 is 0 Å². The molecule has 0 bridgehead atoms. The molecule has 2 atom stereocenters. The first-order valence-corrected chi connectivity index (χ1v) is 4.83. The molecule has 1 amide bonds. The monoisotopic (exact) mass is 207 g/mol. The number of rotatable bonds is 0. The van der Waals surface area contributed by atoms with E-state index in [0.29, 0.717) is 5.37 Å². The molecule has 50 valence electrons. The molecule has 4 heteroatoms. The largest absolute Gasteiger partial charge is 0.327 e. The average molecular weight is 208 g/mol. The SMILES string of the molecule is O=C1[C@H](Br)[C@H]2SCCN12. The Balaban J connectivity index is 2.14. The summed E-state index contributed by atoms with van der Waals surface area (Å²) in [6.07, 6.45) is 0. The van der Waals surface area contributed by atoms with Crippen LogP contribution in [-0.4, -0.2) is 33.3 Å². The van der Waals surface area contributed by atoms with Crippen molar-refractivity contribution in [2.45, 2.75) is 10.2 Å². The predicted molar refractivity (Wildman–Crippen MR) is 40.7 cm³/mol. The zero-order valence-corrected chi connectivity index (χ0v) is 7.11. The first-order valence-electron chi connectivity index (χ1n) is 2.87. The van der Waals surface area contributed by atoms with Gasteiger partial charge in [-0.2, -0.15) is 0 Å². The van der Waals surface area contributed by atoms with Crippen LogP contribution >= 0.6 is 27.7 Å². The zero-order valence-electron chi connectivity index (χ0n) is 4.71. The molecule has 2 nitrogen and oxygen atoms in total. The fraction of sp³-hybridized carbons (Fsp3) is 0.800. The highest BCUT2D eigenvalue weighted by molar-refractivity contribution is 9.10. The van der Waals surface area contributed by atoms with Crippen LogP contribution in [0.5, 0.6) is 0 Å². The van der Waals surface area contributed by atoms with E-state index in [1.807, 2.05) is 16.7 Å². The number of hydrogen-bond acceptors (Lipinski definition) is 2. The van der Waals surface area contributed by atoms with Gasteiger partial charge in [0.2, 0.25) is 5.91 Å². The molecule has 2 saturated heterocycles. The third-order valence-corrected chi connectivity index (χ3v) is 4.23. The Kier molecular flexibility index (Phi) is 1.27. The van der Waals surface area contributed by atoms with Gasteiger partial charge in [0.1, 0.15) is 4.83 Å². The van der Waals surface area contributed by atoms with Crippen LogP contribution in [0.15, 0.2) is 0 Å². The number of nitrogens with zero attached hydrogens (tertiary/aromatic N) is 1. The molecule has 0 aromatic carbocycles. The highest BCUT2D eigenvalue weighted by Gasteiger charge is 2.48. The standard InChI is InChI=1S/C5H6BrNOS/c6-3-4(8)7-1-2-9-5(3)7/h3,5H,1-2H2/t3-,5+/m0/s1. The third-order valence-electron chi connectivity index (χ3n) is 1.70. The van der Waals surface area contributed by atoms with Crippen molar-refractivity contribution in [3.8, 4) is 0 Å². The summed E-state index contributed by atoms with van der Waals surface area (Å²) in [6.45, 7) is 0.955. The van der Waals surface area contributed by atoms with Crippen molar-refractivity contribution < 1.29 is 4.79 Å². The minimum atomic E-state index is 0.116. The molecule has 0 aromatic heterocycles. The summed E-state index contributed by atoms with van der Waals surface area (Å²) in [7, 11) is 0. The molecule has 0 saturated carbocycles. The highest BCUT2D eigenvalue weighted by atomic mass is 79.9. The molecule has 2 aliphatic heterocycles. The Morgan fingerprint density at radius 1 is 1.78 bits per heavy atom. The van der Waals surface area contributed by atoms with Gasteiger partial charge in [-0.3, -0.25) is 4.79 Å². The number of carbonyl (C=O) groups is 1. The second-order valence-electron chi connectivity index (χ2n) is 2.19. The molecule has 0 aromatic rings. The topological polar surface area (TPSA) is 20.3 Å². The van der Waals surface area contributed by atoms with Crippen LogP contribution in [0, 0.1) is 0 Å². The van der Waals surface area contributed by atoms with E-state index in [9.17, 15) is 4.79 Å². The quantitative estimate of drug-likeness (QED) is 0.430. The molecule has 9 heavy (non-hydrogen) atoms. The maximum absolute atomic E-state index is 10.9. The predicted octanol–water partition coefficient (Wildman–Crippen LogP) is 0.665. The van der Waals surface area contributed by atoms with Crippen molar-refractivity contribution >= 4 is 33.6 Å². The van der Waals surface area contributed by atoms with Crippen molar-refractivity contribution in [1.82, 2.24) is 4.90 Å². The van der Waals surface area contributed by atoms with Crippen LogP contribution < -0.4 is 0 Å². The van der Waals surface area contributed by atoms with Crippen LogP contribution in [0.2, 0.25) is 0 Å². The second-order valence-corrected chi connectivity index (χ2v) is 4.41. The number of thioether (sulfide) groups is 1. The van der Waals surface area contributed by atoms with Crippen molar-refractivity contribution in [2.75, 3.05) is 12.3 Å². The molecule has 0 radical (unpaired) electrons. The fourth-order valence-electron chi connectivity index (χ4n) is 1.17. The van der Waals surface area contributed by atoms with Gasteiger partial charge in [0, 0.05) is 12.3 Å². The molecule has 0 unspecified atom stereocenters. The van der Waals surface area contributed by atoms with Gasteiger partial charge in [0.15, 0.2) is 0 Å². The summed E-state index contributed by atoms with van der Waals surface area (Å²) in [6, 6.07) is 0. The number of β-lactam (4-membered cyclic amide) rings is 1. The number of fused-ring (bicyclic) bond motifs is 1. The number of hydrogen-bond donors (Lipinski definition) is 0. The van der Waals surface area contributed by atoms with Gasteiger partial charge in [-0.05, 0) is 0 Å². The van der Waals surface area contributed by atoms with Crippen molar-refractivity contribution in [3.05, 3.63) is 0 Å². The zero-order chi connectivity index (χ0) is 6.43. The van der Waals surface area contributed by atoms with E-state index in [1.54, 1.807) is 0 Å². The van der Waals surface area contributed by atoms with Gasteiger partial charge < -0.3 is 4.90 Å². The number of alkyl halides is 1. The smallest absolute Gasteiger partial charge is 0.240 e. The van der Waals surface area contributed by atoms with Crippen LogP contribution in [0.25, 0.3) is 0 Å². The van der Waals surface area contributed by atoms with Gasteiger partial charge >= 0.3 is 0 Å². The third kappa shape index (κ3) is 0.662. The normalized spacial score (nSPS) is 40.6. The lowest BCUT2D eigenvalue weighted by atomic mass is 10.2. The van der Waals surface area contributed by atoms with Crippen LogP contribution in [0.3, 0.4) is 0 Å². The van der Waals surface area contributed by atoms with E-state index in [0.717, 1.165) is 12.3 Å². The summed E-state index contributed by atoms with van der Waals surface area (Å²) in [5.41, 5.74) is 0. The summed E-state index contributed by atoms with van der Waals surface area (Å²) >= 11 is 5.18. The molecule has 0 aliphatic carbocycles. The number of carbonyl (C=O) groups excluding carboxylic acids is 1. The van der Waals surface area contributed by atoms with E-state index in [2.05, 4.69) is 15.9 Å². The summed E-state index contributed by atoms with van der Waals surface area (Å²) in [5, 5.41) is 0.456. The second kappa shape index (κ2) is 1.89. The molecule has 2 heterocycles. The van der Waals surface area contributed by atoms with E-state index >= 15 is 0 Å². The van der Waals surface area contributed by atoms with Crippen molar-refractivity contribution in [2.24, 2.45) is 0 Å². The fourth-order valence-corrected chi connectivity index (χ4v) is 3.39. The first-order chi connectivity index (χ1) is 4.30. The van der Waals surface area contributed by atoms with Gasteiger partial charge in [-0.25, -0.2) is 0 Å². The minimum Gasteiger partial charge on any atom is -0.327 e. The Labute approximate surface area is 66.1 Å². The minimum absolute atomic E-state index is 0.116. The Hall–Kier alpha value is 0.300. The Bertz CT molecular complexity index is 163. The summed E-state index contributed by atoms with van der Waals surface area (Å²) in [4.78, 5) is 12.9. The van der Waals surface area contributed by atoms with Gasteiger partial charge in [-0.15, -0.1) is 11.8 Å². The molecular weight excluding hydrogens is 202 g/mol. The number of halogens is 1. The molecule has 2 rings (SSSR count). The molecule has 0 N–H and O–H groups in total. The van der Waals surface area contributed by atoms with Gasteiger partial charge in [-0.1, -0.05) is 15.9 Å². The molecular formula is C5H6BrNOS. The maximum Gasteiger partial charge on any atom is 0.240 e. The lowest BCUT2D eigenvalue weighted by Gasteiger charge is -2.38. The lowest BCUT2D eigenvalue weighted by Crippen LogP contribution is -2.57. The molecule has 2 fully saturated rings. The van der Waals surface area contributed by atoms with Gasteiger partial charge in [0.05, 0.1) is 5.37 Å². The van der Waals surface area contributed by atoms with Crippen molar-refractivity contribution in [3.63, 3.8) is 0 Å². The summed E-state index contributed by atoms with van der Waals surface area (Å²) < 4.78 is 0. The Morgan fingerprint density at radius 2 is 2.56 bits per heavy atom. The van der Waals surface area contributed by atoms with Crippen LogP contribution in [-0.2, 0) is 4.79 Å². The Morgan fingerprint density at radius 3 is 3.22 bits per heavy atom. The van der Waals surface area contributed by atoms with E-state index in [-0.39, 0.29) is 10.7 Å². The average Bonchev–Trinajstić information content (AvgIpc) is 2.30.